The predicted molar refractivity (Wildman–Crippen MR) is 135 cm³/mol. The Labute approximate surface area is 195 Å². The zero-order valence-electron chi connectivity index (χ0n) is 18.6. The number of anilines is 1. The number of nitrogens with one attached hydrogen (secondary N) is 1. The van der Waals surface area contributed by atoms with E-state index >= 15 is 0 Å². The van der Waals surface area contributed by atoms with Gasteiger partial charge in [-0.2, -0.15) is 0 Å². The first kappa shape index (κ1) is 22.3. The third kappa shape index (κ3) is 4.36. The van der Waals surface area contributed by atoms with Crippen LogP contribution in [0.25, 0.3) is 15.9 Å². The molecule has 0 radical (unpaired) electrons. The van der Waals surface area contributed by atoms with Gasteiger partial charge in [0.05, 0.1) is 17.0 Å². The Kier molecular flexibility index (Phi) is 6.48. The summed E-state index contributed by atoms with van der Waals surface area (Å²) in [5.74, 6) is 0.0371. The van der Waals surface area contributed by atoms with Crippen molar-refractivity contribution in [3.8, 4) is 5.69 Å². The summed E-state index contributed by atoms with van der Waals surface area (Å²) in [6, 6.07) is 13.8. The fourth-order valence-corrected chi connectivity index (χ4v) is 5.16. The number of thioether (sulfide) groups is 1. The lowest BCUT2D eigenvalue weighted by Gasteiger charge is -2.15. The zero-order valence-corrected chi connectivity index (χ0v) is 20.2. The minimum Gasteiger partial charge on any atom is -0.325 e. The number of amides is 1. The first-order chi connectivity index (χ1) is 15.4. The van der Waals surface area contributed by atoms with Crippen molar-refractivity contribution in [2.75, 3.05) is 11.1 Å². The number of benzene rings is 2. The van der Waals surface area contributed by atoms with Gasteiger partial charge in [0.15, 0.2) is 5.16 Å². The van der Waals surface area contributed by atoms with Crippen molar-refractivity contribution in [1.29, 1.82) is 0 Å². The molecule has 0 aliphatic carbocycles. The lowest BCUT2D eigenvalue weighted by molar-refractivity contribution is -0.113. The van der Waals surface area contributed by atoms with Crippen molar-refractivity contribution < 1.29 is 4.79 Å². The molecule has 0 bridgehead atoms. The summed E-state index contributed by atoms with van der Waals surface area (Å²) < 4.78 is 2.23. The van der Waals surface area contributed by atoms with E-state index in [-0.39, 0.29) is 17.2 Å². The molecule has 4 rings (SSSR count). The average molecular weight is 464 g/mol. The summed E-state index contributed by atoms with van der Waals surface area (Å²) in [4.78, 5) is 30.8. The van der Waals surface area contributed by atoms with E-state index in [1.807, 2.05) is 68.6 Å². The number of hydrogen-bond donors (Lipinski definition) is 1. The molecule has 7 heteroatoms. The third-order valence-corrected chi connectivity index (χ3v) is 7.36. The highest BCUT2D eigenvalue weighted by Crippen LogP contribution is 2.26. The van der Waals surface area contributed by atoms with E-state index in [0.29, 0.717) is 15.4 Å². The van der Waals surface area contributed by atoms with Gasteiger partial charge in [0.1, 0.15) is 4.70 Å². The fraction of sp³-hybridized carbons (Fsp3) is 0.240. The van der Waals surface area contributed by atoms with E-state index in [2.05, 4.69) is 12.2 Å². The topological polar surface area (TPSA) is 64.0 Å². The standard InChI is InChI=1S/C25H25N3O2S2/c1-5-18-8-6-7-16(3)22(18)27-21(29)14-32-25-26-20-11-12-31-23(20)24(30)28(25)19-10-9-15(2)17(4)13-19/h6-13H,5,14H2,1-4H3,(H,27,29). The van der Waals surface area contributed by atoms with Crippen molar-refractivity contribution in [1.82, 2.24) is 9.55 Å². The molecule has 0 aliphatic heterocycles. The van der Waals surface area contributed by atoms with E-state index in [0.717, 1.165) is 40.0 Å². The van der Waals surface area contributed by atoms with Crippen LogP contribution in [0.3, 0.4) is 0 Å². The number of fused-ring (bicyclic) bond motifs is 1. The van der Waals surface area contributed by atoms with E-state index in [9.17, 15) is 9.59 Å². The molecule has 1 amide bonds. The highest BCUT2D eigenvalue weighted by atomic mass is 32.2. The Balaban J connectivity index is 1.66. The Morgan fingerprint density at radius 1 is 1.09 bits per heavy atom. The largest absolute Gasteiger partial charge is 0.325 e. The minimum absolute atomic E-state index is 0.108. The number of thiophene rings is 1. The quantitative estimate of drug-likeness (QED) is 0.296. The average Bonchev–Trinajstić information content (AvgIpc) is 3.25. The monoisotopic (exact) mass is 463 g/mol. The predicted octanol–water partition coefficient (Wildman–Crippen LogP) is 5.67. The molecule has 32 heavy (non-hydrogen) atoms. The van der Waals surface area contributed by atoms with Crippen LogP contribution < -0.4 is 10.9 Å². The molecule has 0 unspecified atom stereocenters. The maximum absolute atomic E-state index is 13.3. The molecular weight excluding hydrogens is 438 g/mol. The number of para-hydroxylation sites is 1. The van der Waals surface area contributed by atoms with Crippen LogP contribution in [0.4, 0.5) is 5.69 Å². The summed E-state index contributed by atoms with van der Waals surface area (Å²) in [5.41, 5.74) is 6.58. The van der Waals surface area contributed by atoms with Crippen molar-refractivity contribution in [2.45, 2.75) is 39.3 Å². The van der Waals surface area contributed by atoms with Gasteiger partial charge in [-0.05, 0) is 73.0 Å². The Morgan fingerprint density at radius 2 is 1.91 bits per heavy atom. The molecule has 0 saturated carbocycles. The molecule has 1 N–H and O–H groups in total. The number of aryl methyl sites for hydroxylation is 4. The summed E-state index contributed by atoms with van der Waals surface area (Å²) in [5, 5.41) is 5.43. The zero-order chi connectivity index (χ0) is 22.8. The summed E-state index contributed by atoms with van der Waals surface area (Å²) >= 11 is 2.66. The van der Waals surface area contributed by atoms with Gasteiger partial charge in [-0.25, -0.2) is 4.98 Å². The van der Waals surface area contributed by atoms with Gasteiger partial charge in [0, 0.05) is 5.69 Å². The van der Waals surface area contributed by atoms with Crippen LogP contribution in [0, 0.1) is 20.8 Å². The highest BCUT2D eigenvalue weighted by molar-refractivity contribution is 7.99. The van der Waals surface area contributed by atoms with Crippen LogP contribution in [0.2, 0.25) is 0 Å². The van der Waals surface area contributed by atoms with Gasteiger partial charge in [-0.3, -0.25) is 14.2 Å². The molecule has 5 nitrogen and oxygen atoms in total. The molecule has 2 aromatic carbocycles. The van der Waals surface area contributed by atoms with Crippen LogP contribution in [0.15, 0.2) is 57.8 Å². The maximum atomic E-state index is 13.3. The van der Waals surface area contributed by atoms with E-state index in [4.69, 9.17) is 4.98 Å². The van der Waals surface area contributed by atoms with Crippen molar-refractivity contribution in [2.24, 2.45) is 0 Å². The summed E-state index contributed by atoms with van der Waals surface area (Å²) in [7, 11) is 0. The second-order valence-corrected chi connectivity index (χ2v) is 9.60. The van der Waals surface area contributed by atoms with E-state index < -0.39 is 0 Å². The number of aromatic nitrogens is 2. The number of rotatable bonds is 6. The number of nitrogens with zero attached hydrogens (tertiary/aromatic N) is 2. The molecule has 4 aromatic rings. The van der Waals surface area contributed by atoms with E-state index in [1.165, 1.54) is 23.1 Å². The first-order valence-corrected chi connectivity index (χ1v) is 12.3. The van der Waals surface area contributed by atoms with Crippen LogP contribution in [0.1, 0.15) is 29.2 Å². The number of hydrogen-bond acceptors (Lipinski definition) is 5. The lowest BCUT2D eigenvalue weighted by atomic mass is 10.1. The van der Waals surface area contributed by atoms with Crippen molar-refractivity contribution in [3.63, 3.8) is 0 Å². The molecule has 0 fully saturated rings. The SMILES string of the molecule is CCc1cccc(C)c1NC(=O)CSc1nc2ccsc2c(=O)n1-c1ccc(C)c(C)c1. The second-order valence-electron chi connectivity index (χ2n) is 7.74. The third-order valence-electron chi connectivity index (χ3n) is 5.53. The smallest absolute Gasteiger partial charge is 0.276 e. The van der Waals surface area contributed by atoms with Gasteiger partial charge in [-0.1, -0.05) is 43.0 Å². The van der Waals surface area contributed by atoms with Gasteiger partial charge in [0.25, 0.3) is 5.56 Å². The first-order valence-electron chi connectivity index (χ1n) is 10.5. The number of carbonyl (C=O) groups excluding carboxylic acids is 1. The van der Waals surface area contributed by atoms with Gasteiger partial charge >= 0.3 is 0 Å². The van der Waals surface area contributed by atoms with Gasteiger partial charge < -0.3 is 5.32 Å². The molecular formula is C25H25N3O2S2. The normalized spacial score (nSPS) is 11.1. The Bertz CT molecular complexity index is 1370. The summed E-state index contributed by atoms with van der Waals surface area (Å²) in [6.07, 6.45) is 0.840. The minimum atomic E-state index is -0.120. The maximum Gasteiger partial charge on any atom is 0.276 e. The summed E-state index contributed by atoms with van der Waals surface area (Å²) in [6.45, 7) is 8.13. The van der Waals surface area contributed by atoms with Crippen LogP contribution in [-0.2, 0) is 11.2 Å². The molecule has 0 aliphatic rings. The fourth-order valence-electron chi connectivity index (χ4n) is 3.59. The second kappa shape index (κ2) is 9.30. The molecule has 2 heterocycles. The number of carbonyl (C=O) groups is 1. The van der Waals surface area contributed by atoms with Crippen LogP contribution in [-0.4, -0.2) is 21.2 Å². The molecule has 2 aromatic heterocycles. The highest BCUT2D eigenvalue weighted by Gasteiger charge is 2.17. The Hall–Kier alpha value is -2.90. The molecule has 0 atom stereocenters. The molecule has 0 saturated heterocycles. The Morgan fingerprint density at radius 3 is 2.66 bits per heavy atom. The lowest BCUT2D eigenvalue weighted by Crippen LogP contribution is -2.22. The molecule has 164 valence electrons. The van der Waals surface area contributed by atoms with Gasteiger partial charge in [-0.15, -0.1) is 11.3 Å². The van der Waals surface area contributed by atoms with Crippen LogP contribution >= 0.6 is 23.1 Å². The molecule has 0 spiro atoms. The van der Waals surface area contributed by atoms with Crippen molar-refractivity contribution in [3.05, 3.63) is 80.5 Å². The van der Waals surface area contributed by atoms with Gasteiger partial charge in [0.2, 0.25) is 5.91 Å². The van der Waals surface area contributed by atoms with Crippen molar-refractivity contribution >= 4 is 44.9 Å². The van der Waals surface area contributed by atoms with E-state index in [1.54, 1.807) is 4.57 Å². The van der Waals surface area contributed by atoms with Crippen LogP contribution in [0.5, 0.6) is 0 Å².